The minimum Gasteiger partial charge on any atom is -0.390 e. The van der Waals surface area contributed by atoms with Gasteiger partial charge in [-0.1, -0.05) is 18.2 Å². The number of rotatable bonds is 5. The summed E-state index contributed by atoms with van der Waals surface area (Å²) in [4.78, 5) is 16.6. The van der Waals surface area contributed by atoms with Gasteiger partial charge in [-0.05, 0) is 17.7 Å². The molecule has 0 spiro atoms. The molecule has 1 aromatic carbocycles. The van der Waals surface area contributed by atoms with Gasteiger partial charge in [0.05, 0.1) is 17.2 Å². The standard InChI is InChI=1S/C17H17F3N4O2S/c1-24-13(5-6-21-24)15(26)23-16-12(9-25)22-14(27-16)8-10-3-2-4-11(7-10)17(18,19)20/h2-5,7,21,25H,6,8-9H2,1H3,(H,23,26). The molecule has 3 N–H and O–H groups in total. The first-order chi connectivity index (χ1) is 12.8. The van der Waals surface area contributed by atoms with E-state index in [1.165, 1.54) is 6.07 Å². The number of carbonyl (C=O) groups excluding carboxylic acids is 1. The molecule has 0 atom stereocenters. The van der Waals surface area contributed by atoms with Gasteiger partial charge < -0.3 is 15.4 Å². The number of likely N-dealkylation sites (N-methyl/N-ethyl adjacent to an activating group) is 1. The van der Waals surface area contributed by atoms with Crippen LogP contribution in [0.3, 0.4) is 0 Å². The van der Waals surface area contributed by atoms with Crippen LogP contribution in [-0.2, 0) is 24.0 Å². The van der Waals surface area contributed by atoms with E-state index in [1.54, 1.807) is 24.2 Å². The molecule has 0 aliphatic carbocycles. The zero-order chi connectivity index (χ0) is 19.6. The van der Waals surface area contributed by atoms with Gasteiger partial charge in [0.25, 0.3) is 5.91 Å². The average Bonchev–Trinajstić information content (AvgIpc) is 3.20. The van der Waals surface area contributed by atoms with Gasteiger partial charge in [-0.15, -0.1) is 11.3 Å². The van der Waals surface area contributed by atoms with Crippen molar-refractivity contribution in [2.75, 3.05) is 18.9 Å². The lowest BCUT2D eigenvalue weighted by molar-refractivity contribution is -0.137. The number of aliphatic hydroxyl groups is 1. The van der Waals surface area contributed by atoms with Crippen molar-refractivity contribution in [3.63, 3.8) is 0 Å². The van der Waals surface area contributed by atoms with Crippen molar-refractivity contribution < 1.29 is 23.1 Å². The second-order valence-corrected chi connectivity index (χ2v) is 6.96. The Kier molecular flexibility index (Phi) is 5.49. The van der Waals surface area contributed by atoms with Crippen molar-refractivity contribution >= 4 is 22.2 Å². The van der Waals surface area contributed by atoms with Crippen molar-refractivity contribution in [2.24, 2.45) is 0 Å². The number of benzene rings is 1. The van der Waals surface area contributed by atoms with E-state index < -0.39 is 11.7 Å². The molecule has 1 aromatic heterocycles. The summed E-state index contributed by atoms with van der Waals surface area (Å²) in [5.41, 5.74) is 3.39. The Morgan fingerprint density at radius 2 is 2.22 bits per heavy atom. The maximum atomic E-state index is 12.8. The van der Waals surface area contributed by atoms with Gasteiger partial charge in [-0.25, -0.2) is 10.4 Å². The summed E-state index contributed by atoms with van der Waals surface area (Å²) in [6.07, 6.45) is -2.52. The molecule has 10 heteroatoms. The molecule has 2 aromatic rings. The molecule has 0 saturated heterocycles. The molecule has 0 radical (unpaired) electrons. The van der Waals surface area contributed by atoms with Crippen LogP contribution in [-0.4, -0.2) is 34.6 Å². The molecule has 27 heavy (non-hydrogen) atoms. The smallest absolute Gasteiger partial charge is 0.390 e. The summed E-state index contributed by atoms with van der Waals surface area (Å²) in [6.45, 7) is 0.150. The minimum absolute atomic E-state index is 0.168. The summed E-state index contributed by atoms with van der Waals surface area (Å²) in [6, 6.07) is 5.01. The molecule has 1 aliphatic rings. The summed E-state index contributed by atoms with van der Waals surface area (Å²) in [7, 11) is 1.71. The van der Waals surface area contributed by atoms with Gasteiger partial charge in [-0.2, -0.15) is 13.2 Å². The Hall–Kier alpha value is -2.43. The number of carbonyl (C=O) groups is 1. The van der Waals surface area contributed by atoms with Crippen LogP contribution in [0, 0.1) is 0 Å². The summed E-state index contributed by atoms with van der Waals surface area (Å²) < 4.78 is 38.5. The lowest BCUT2D eigenvalue weighted by atomic mass is 10.1. The molecular weight excluding hydrogens is 381 g/mol. The maximum absolute atomic E-state index is 12.8. The van der Waals surface area contributed by atoms with E-state index in [0.29, 0.717) is 27.8 Å². The molecule has 0 unspecified atom stereocenters. The monoisotopic (exact) mass is 398 g/mol. The van der Waals surface area contributed by atoms with Gasteiger partial charge in [0.1, 0.15) is 16.4 Å². The quantitative estimate of drug-likeness (QED) is 0.722. The molecular formula is C17H17F3N4O2S. The van der Waals surface area contributed by atoms with E-state index in [9.17, 15) is 23.1 Å². The predicted octanol–water partition coefficient (Wildman–Crippen LogP) is 2.52. The Labute approximate surface area is 157 Å². The number of halogens is 3. The summed E-state index contributed by atoms with van der Waals surface area (Å²) in [5.74, 6) is -0.355. The first-order valence-corrected chi connectivity index (χ1v) is 8.84. The fourth-order valence-corrected chi connectivity index (χ4v) is 3.63. The van der Waals surface area contributed by atoms with E-state index >= 15 is 0 Å². The van der Waals surface area contributed by atoms with Crippen LogP contribution in [0.25, 0.3) is 0 Å². The number of hydrogen-bond acceptors (Lipinski definition) is 6. The average molecular weight is 398 g/mol. The van der Waals surface area contributed by atoms with Gasteiger partial charge >= 0.3 is 6.18 Å². The highest BCUT2D eigenvalue weighted by Gasteiger charge is 2.30. The fourth-order valence-electron chi connectivity index (χ4n) is 2.63. The number of aromatic nitrogens is 1. The minimum atomic E-state index is -4.41. The van der Waals surface area contributed by atoms with Crippen LogP contribution in [0.5, 0.6) is 0 Å². The lowest BCUT2D eigenvalue weighted by Gasteiger charge is -2.15. The van der Waals surface area contributed by atoms with Crippen molar-refractivity contribution in [2.45, 2.75) is 19.2 Å². The molecule has 0 saturated carbocycles. The first-order valence-electron chi connectivity index (χ1n) is 8.02. The lowest BCUT2D eigenvalue weighted by Crippen LogP contribution is -2.32. The van der Waals surface area contributed by atoms with Gasteiger partial charge in [-0.3, -0.25) is 4.79 Å². The maximum Gasteiger partial charge on any atom is 0.416 e. The third-order valence-electron chi connectivity index (χ3n) is 3.95. The molecule has 0 fully saturated rings. The van der Waals surface area contributed by atoms with E-state index in [4.69, 9.17) is 0 Å². The summed E-state index contributed by atoms with van der Waals surface area (Å²) >= 11 is 1.13. The molecule has 2 heterocycles. The van der Waals surface area contributed by atoms with Crippen LogP contribution >= 0.6 is 11.3 Å². The number of hydrazine groups is 1. The Morgan fingerprint density at radius 3 is 2.85 bits per heavy atom. The highest BCUT2D eigenvalue weighted by atomic mass is 32.1. The van der Waals surface area contributed by atoms with Gasteiger partial charge in [0.2, 0.25) is 0 Å². The zero-order valence-electron chi connectivity index (χ0n) is 14.3. The highest BCUT2D eigenvalue weighted by Crippen LogP contribution is 2.31. The second kappa shape index (κ2) is 7.67. The number of thiazole rings is 1. The number of nitrogens with zero attached hydrogens (tertiary/aromatic N) is 2. The Bertz CT molecular complexity index is 879. The molecule has 3 rings (SSSR count). The summed E-state index contributed by atoms with van der Waals surface area (Å²) in [5, 5.41) is 14.7. The van der Waals surface area contributed by atoms with Crippen molar-refractivity contribution in [1.29, 1.82) is 0 Å². The van der Waals surface area contributed by atoms with Gasteiger partial charge in [0, 0.05) is 20.0 Å². The third-order valence-corrected chi connectivity index (χ3v) is 4.96. The molecule has 144 valence electrons. The Balaban J connectivity index is 1.78. The van der Waals surface area contributed by atoms with E-state index in [0.717, 1.165) is 23.5 Å². The number of hydrogen-bond donors (Lipinski definition) is 3. The molecule has 1 aliphatic heterocycles. The van der Waals surface area contributed by atoms with Crippen molar-refractivity contribution in [3.8, 4) is 0 Å². The number of nitrogens with one attached hydrogen (secondary N) is 2. The SMILES string of the molecule is CN1NCC=C1C(=O)Nc1sc(Cc2cccc(C(F)(F)F)c2)nc1CO. The van der Waals surface area contributed by atoms with Crippen LogP contribution in [0.2, 0.25) is 0 Å². The normalized spacial score (nSPS) is 14.4. The highest BCUT2D eigenvalue weighted by molar-refractivity contribution is 7.16. The van der Waals surface area contributed by atoms with Crippen molar-refractivity contribution in [3.05, 3.63) is 57.9 Å². The largest absolute Gasteiger partial charge is 0.416 e. The molecule has 0 bridgehead atoms. The second-order valence-electron chi connectivity index (χ2n) is 5.88. The fraction of sp³-hybridized carbons (Fsp3) is 0.294. The van der Waals surface area contributed by atoms with Crippen LogP contribution < -0.4 is 10.7 Å². The number of amides is 1. The zero-order valence-corrected chi connectivity index (χ0v) is 15.1. The topological polar surface area (TPSA) is 77.5 Å². The number of aliphatic hydroxyl groups excluding tert-OH is 1. The predicted molar refractivity (Wildman–Crippen MR) is 94.8 cm³/mol. The Morgan fingerprint density at radius 1 is 1.44 bits per heavy atom. The van der Waals surface area contributed by atoms with Crippen LogP contribution in [0.4, 0.5) is 18.2 Å². The number of alkyl halides is 3. The van der Waals surface area contributed by atoms with Crippen LogP contribution in [0.15, 0.2) is 36.0 Å². The van der Waals surface area contributed by atoms with E-state index in [-0.39, 0.29) is 24.6 Å². The van der Waals surface area contributed by atoms with E-state index in [1.807, 2.05) is 0 Å². The first kappa shape index (κ1) is 19.3. The van der Waals surface area contributed by atoms with Gasteiger partial charge in [0.15, 0.2) is 0 Å². The van der Waals surface area contributed by atoms with Crippen molar-refractivity contribution in [1.82, 2.24) is 15.4 Å². The third kappa shape index (κ3) is 4.46. The molecule has 1 amide bonds. The van der Waals surface area contributed by atoms with E-state index in [2.05, 4.69) is 15.7 Å². The number of anilines is 1. The molecule has 6 nitrogen and oxygen atoms in total. The van der Waals surface area contributed by atoms with Crippen LogP contribution in [0.1, 0.15) is 21.8 Å².